The smallest absolute Gasteiger partial charge is 0.175 e. The molecule has 2 saturated heterocycles. The fourth-order valence-corrected chi connectivity index (χ4v) is 3.90. The summed E-state index contributed by atoms with van der Waals surface area (Å²) in [4.78, 5) is 0.363. The third kappa shape index (κ3) is 4.53. The molecule has 2 aliphatic rings. The van der Waals surface area contributed by atoms with Crippen LogP contribution in [0.3, 0.4) is 0 Å². The maximum Gasteiger partial charge on any atom is 0.175 e. The van der Waals surface area contributed by atoms with Crippen LogP contribution >= 0.6 is 0 Å². The molecule has 2 heterocycles. The second-order valence-electron chi connectivity index (χ2n) is 6.79. The predicted molar refractivity (Wildman–Crippen MR) is 94.2 cm³/mol. The fraction of sp³-hybridized carbons (Fsp3) is 0.625. The molecular formula is C16H27N5O2S. The van der Waals surface area contributed by atoms with Crippen molar-refractivity contribution in [3.63, 3.8) is 0 Å². The van der Waals surface area contributed by atoms with Crippen molar-refractivity contribution in [2.75, 3.05) is 46.0 Å². The van der Waals surface area contributed by atoms with E-state index in [0.717, 1.165) is 38.3 Å². The van der Waals surface area contributed by atoms with Crippen LogP contribution in [0.15, 0.2) is 29.2 Å². The summed E-state index contributed by atoms with van der Waals surface area (Å²) in [5, 5.41) is 12.8. The second kappa shape index (κ2) is 7.47. The van der Waals surface area contributed by atoms with Crippen molar-refractivity contribution in [1.82, 2.24) is 26.4 Å². The van der Waals surface area contributed by atoms with Crippen LogP contribution in [0.5, 0.6) is 0 Å². The molecule has 3 rings (SSSR count). The van der Waals surface area contributed by atoms with Crippen LogP contribution in [-0.4, -0.2) is 65.6 Å². The number of piperazine rings is 1. The summed E-state index contributed by atoms with van der Waals surface area (Å²) in [7, 11) is -1.08. The molecule has 3 unspecified atom stereocenters. The van der Waals surface area contributed by atoms with Crippen molar-refractivity contribution in [2.24, 2.45) is 5.92 Å². The van der Waals surface area contributed by atoms with E-state index in [0.29, 0.717) is 10.8 Å². The average molecular weight is 353 g/mol. The molecule has 2 aliphatic heterocycles. The molecule has 0 amide bonds. The first-order valence-electron chi connectivity index (χ1n) is 8.36. The zero-order chi connectivity index (χ0) is 17.2. The maximum atomic E-state index is 11.6. The van der Waals surface area contributed by atoms with E-state index in [4.69, 9.17) is 0 Å². The topological polar surface area (TPSA) is 85.5 Å². The van der Waals surface area contributed by atoms with Gasteiger partial charge in [-0.3, -0.25) is 10.7 Å². The zero-order valence-electron chi connectivity index (χ0n) is 14.2. The van der Waals surface area contributed by atoms with E-state index in [9.17, 15) is 8.42 Å². The fourth-order valence-electron chi connectivity index (χ4n) is 3.27. The first-order valence-corrected chi connectivity index (χ1v) is 10.3. The SMILES string of the molecule is CN1CC(CNC2CNCC(c3ccc(S(C)(=O)=O)cc3)N2)CN1. The van der Waals surface area contributed by atoms with Crippen LogP contribution in [0, 0.1) is 5.92 Å². The first kappa shape index (κ1) is 17.8. The van der Waals surface area contributed by atoms with E-state index < -0.39 is 9.84 Å². The Labute approximate surface area is 144 Å². The Hall–Kier alpha value is -1.03. The minimum Gasteiger partial charge on any atom is -0.312 e. The number of rotatable bonds is 5. The Kier molecular flexibility index (Phi) is 5.53. The number of hydrazine groups is 1. The van der Waals surface area contributed by atoms with Gasteiger partial charge in [-0.2, -0.15) is 0 Å². The maximum absolute atomic E-state index is 11.6. The van der Waals surface area contributed by atoms with Gasteiger partial charge in [0.15, 0.2) is 9.84 Å². The summed E-state index contributed by atoms with van der Waals surface area (Å²) in [5.41, 5.74) is 4.42. The number of benzene rings is 1. The number of nitrogens with zero attached hydrogens (tertiary/aromatic N) is 1. The first-order chi connectivity index (χ1) is 11.4. The van der Waals surface area contributed by atoms with Gasteiger partial charge in [0, 0.05) is 52.1 Å². The molecule has 0 saturated carbocycles. The highest BCUT2D eigenvalue weighted by atomic mass is 32.2. The van der Waals surface area contributed by atoms with Crippen molar-refractivity contribution in [3.05, 3.63) is 29.8 Å². The third-order valence-electron chi connectivity index (χ3n) is 4.64. The summed E-state index contributed by atoms with van der Waals surface area (Å²) < 4.78 is 23.1. The molecule has 134 valence electrons. The molecule has 1 aromatic carbocycles. The molecule has 3 atom stereocenters. The second-order valence-corrected chi connectivity index (χ2v) is 8.80. The Bertz CT molecular complexity index is 649. The highest BCUT2D eigenvalue weighted by Crippen LogP contribution is 2.18. The third-order valence-corrected chi connectivity index (χ3v) is 5.77. The van der Waals surface area contributed by atoms with Crippen LogP contribution in [0.25, 0.3) is 0 Å². The largest absolute Gasteiger partial charge is 0.312 e. The van der Waals surface area contributed by atoms with E-state index in [2.05, 4.69) is 33.4 Å². The van der Waals surface area contributed by atoms with Gasteiger partial charge in [-0.25, -0.2) is 13.4 Å². The monoisotopic (exact) mass is 353 g/mol. The highest BCUT2D eigenvalue weighted by molar-refractivity contribution is 7.90. The Morgan fingerprint density at radius 1 is 1.21 bits per heavy atom. The molecular weight excluding hydrogens is 326 g/mol. The number of hydrogen-bond donors (Lipinski definition) is 4. The molecule has 4 N–H and O–H groups in total. The Morgan fingerprint density at radius 3 is 2.58 bits per heavy atom. The van der Waals surface area contributed by atoms with Gasteiger partial charge in [0.05, 0.1) is 11.1 Å². The van der Waals surface area contributed by atoms with Gasteiger partial charge in [0.2, 0.25) is 0 Å². The zero-order valence-corrected chi connectivity index (χ0v) is 15.1. The molecule has 7 nitrogen and oxygen atoms in total. The molecule has 0 radical (unpaired) electrons. The van der Waals surface area contributed by atoms with E-state index in [1.54, 1.807) is 12.1 Å². The van der Waals surface area contributed by atoms with E-state index in [1.807, 2.05) is 12.1 Å². The van der Waals surface area contributed by atoms with Gasteiger partial charge in [-0.15, -0.1) is 0 Å². The lowest BCUT2D eigenvalue weighted by Gasteiger charge is -2.33. The molecule has 8 heteroatoms. The van der Waals surface area contributed by atoms with Crippen molar-refractivity contribution in [1.29, 1.82) is 0 Å². The summed E-state index contributed by atoms with van der Waals surface area (Å²) in [6.07, 6.45) is 1.45. The van der Waals surface area contributed by atoms with Crippen molar-refractivity contribution < 1.29 is 8.42 Å². The molecule has 24 heavy (non-hydrogen) atoms. The van der Waals surface area contributed by atoms with Gasteiger partial charge < -0.3 is 10.6 Å². The minimum atomic E-state index is -3.14. The molecule has 0 bridgehead atoms. The van der Waals surface area contributed by atoms with Crippen molar-refractivity contribution >= 4 is 9.84 Å². The van der Waals surface area contributed by atoms with Crippen molar-refractivity contribution in [2.45, 2.75) is 17.1 Å². The van der Waals surface area contributed by atoms with E-state index >= 15 is 0 Å². The van der Waals surface area contributed by atoms with Crippen LogP contribution in [0.2, 0.25) is 0 Å². The van der Waals surface area contributed by atoms with Gasteiger partial charge >= 0.3 is 0 Å². The average Bonchev–Trinajstić information content (AvgIpc) is 2.98. The lowest BCUT2D eigenvalue weighted by atomic mass is 10.0. The van der Waals surface area contributed by atoms with E-state index in [-0.39, 0.29) is 12.2 Å². The standard InChI is InChI=1S/C16H27N5O2S/c1-21-11-12(8-19-21)7-18-16-10-17-9-15(20-16)13-3-5-14(6-4-13)24(2,22)23/h3-6,12,15-20H,7-11H2,1-2H3. The van der Waals surface area contributed by atoms with Crippen LogP contribution < -0.4 is 21.4 Å². The van der Waals surface area contributed by atoms with Gasteiger partial charge in [0.1, 0.15) is 0 Å². The van der Waals surface area contributed by atoms with Gasteiger partial charge in [-0.1, -0.05) is 12.1 Å². The van der Waals surface area contributed by atoms with Crippen LogP contribution in [0.4, 0.5) is 0 Å². The predicted octanol–water partition coefficient (Wildman–Crippen LogP) is -0.694. The summed E-state index contributed by atoms with van der Waals surface area (Å²) in [5.74, 6) is 0.617. The normalized spacial score (nSPS) is 29.0. The Balaban J connectivity index is 1.55. The summed E-state index contributed by atoms with van der Waals surface area (Å²) >= 11 is 0. The van der Waals surface area contributed by atoms with Crippen LogP contribution in [-0.2, 0) is 9.84 Å². The highest BCUT2D eigenvalue weighted by Gasteiger charge is 2.24. The van der Waals surface area contributed by atoms with Gasteiger partial charge in [-0.05, 0) is 23.6 Å². The Morgan fingerprint density at radius 2 is 1.96 bits per heavy atom. The number of hydrogen-bond acceptors (Lipinski definition) is 7. The van der Waals surface area contributed by atoms with Crippen molar-refractivity contribution in [3.8, 4) is 0 Å². The minimum absolute atomic E-state index is 0.175. The summed E-state index contributed by atoms with van der Waals surface area (Å²) in [6, 6.07) is 7.34. The number of nitrogens with one attached hydrogen (secondary N) is 4. The lowest BCUT2D eigenvalue weighted by molar-refractivity contribution is 0.282. The lowest BCUT2D eigenvalue weighted by Crippen LogP contribution is -2.57. The van der Waals surface area contributed by atoms with Gasteiger partial charge in [0.25, 0.3) is 0 Å². The summed E-state index contributed by atoms with van der Waals surface area (Å²) in [6.45, 7) is 4.76. The molecule has 0 spiro atoms. The number of sulfone groups is 1. The molecule has 2 fully saturated rings. The molecule has 0 aromatic heterocycles. The quantitative estimate of drug-likeness (QED) is 0.557. The molecule has 1 aromatic rings. The molecule has 0 aliphatic carbocycles. The van der Waals surface area contributed by atoms with Crippen LogP contribution in [0.1, 0.15) is 11.6 Å². The van der Waals surface area contributed by atoms with E-state index in [1.165, 1.54) is 6.26 Å².